The molecule has 88 valence electrons. The molecular weight excluding hydrogens is 228 g/mol. The first-order chi connectivity index (χ1) is 8.06. The van der Waals surface area contributed by atoms with Crippen molar-refractivity contribution in [1.29, 1.82) is 0 Å². The van der Waals surface area contributed by atoms with Crippen LogP contribution >= 0.6 is 0 Å². The van der Waals surface area contributed by atoms with E-state index >= 15 is 0 Å². The molecule has 1 heterocycles. The number of nitrogens with two attached hydrogens (primary N) is 1. The molecule has 6 heteroatoms. The lowest BCUT2D eigenvalue weighted by molar-refractivity contribution is 0.0996. The second-order valence-electron chi connectivity index (χ2n) is 3.53. The minimum absolute atomic E-state index is 0.104. The fourth-order valence-corrected chi connectivity index (χ4v) is 1.42. The first-order valence-corrected chi connectivity index (χ1v) is 4.82. The summed E-state index contributed by atoms with van der Waals surface area (Å²) in [6.07, 6.45) is 2.77. The second-order valence-corrected chi connectivity index (χ2v) is 3.53. The molecule has 0 aliphatic rings. The van der Waals surface area contributed by atoms with Gasteiger partial charge in [-0.2, -0.15) is 0 Å². The van der Waals surface area contributed by atoms with Gasteiger partial charge in [-0.1, -0.05) is 6.07 Å². The Morgan fingerprint density at radius 3 is 2.76 bits per heavy atom. The molecule has 0 saturated carbocycles. The zero-order valence-electron chi connectivity index (χ0n) is 8.73. The van der Waals surface area contributed by atoms with Gasteiger partial charge in [0.15, 0.2) is 0 Å². The highest BCUT2D eigenvalue weighted by Crippen LogP contribution is 2.11. The summed E-state index contributed by atoms with van der Waals surface area (Å²) >= 11 is 0. The maximum Gasteiger partial charge on any atom is 0.268 e. The van der Waals surface area contributed by atoms with Gasteiger partial charge in [0.25, 0.3) is 5.91 Å². The van der Waals surface area contributed by atoms with Gasteiger partial charge in [-0.3, -0.25) is 4.79 Å². The third kappa shape index (κ3) is 2.47. The van der Waals surface area contributed by atoms with E-state index in [-0.39, 0.29) is 12.2 Å². The van der Waals surface area contributed by atoms with Gasteiger partial charge >= 0.3 is 0 Å². The first kappa shape index (κ1) is 11.3. The van der Waals surface area contributed by atoms with Crippen LogP contribution in [-0.2, 0) is 6.54 Å². The van der Waals surface area contributed by atoms with Crippen LogP contribution in [0.5, 0.6) is 0 Å². The largest absolute Gasteiger partial charge is 0.364 e. The molecule has 0 aliphatic heterocycles. The Kier molecular flexibility index (Phi) is 2.86. The molecule has 0 unspecified atom stereocenters. The normalized spacial score (nSPS) is 10.5. The number of primary amides is 1. The molecule has 2 rings (SSSR count). The molecule has 2 N–H and O–H groups in total. The summed E-state index contributed by atoms with van der Waals surface area (Å²) in [4.78, 5) is 14.6. The van der Waals surface area contributed by atoms with Crippen molar-refractivity contribution >= 4 is 5.91 Å². The first-order valence-electron chi connectivity index (χ1n) is 4.82. The van der Waals surface area contributed by atoms with Crippen molar-refractivity contribution < 1.29 is 13.6 Å². The highest BCUT2D eigenvalue weighted by Gasteiger charge is 2.07. The summed E-state index contributed by atoms with van der Waals surface area (Å²) in [7, 11) is 0. The van der Waals surface area contributed by atoms with Gasteiger partial charge in [-0.25, -0.2) is 13.8 Å². The van der Waals surface area contributed by atoms with Crippen LogP contribution in [-0.4, -0.2) is 15.5 Å². The molecule has 0 aliphatic carbocycles. The fraction of sp³-hybridized carbons (Fsp3) is 0.0909. The van der Waals surface area contributed by atoms with Gasteiger partial charge in [0.05, 0.1) is 12.9 Å². The third-order valence-electron chi connectivity index (χ3n) is 2.25. The number of hydrogen-bond donors (Lipinski definition) is 1. The Hall–Kier alpha value is -2.24. The van der Waals surface area contributed by atoms with Crippen molar-refractivity contribution in [3.63, 3.8) is 0 Å². The van der Waals surface area contributed by atoms with Crippen molar-refractivity contribution in [2.75, 3.05) is 0 Å². The molecule has 0 radical (unpaired) electrons. The summed E-state index contributed by atoms with van der Waals surface area (Å²) in [6.45, 7) is 0.159. The van der Waals surface area contributed by atoms with Gasteiger partial charge in [-0.05, 0) is 6.07 Å². The van der Waals surface area contributed by atoms with Gasteiger partial charge in [0.1, 0.15) is 17.3 Å². The van der Waals surface area contributed by atoms with Crippen LogP contribution in [0.4, 0.5) is 8.78 Å². The zero-order valence-corrected chi connectivity index (χ0v) is 8.73. The molecule has 1 amide bonds. The zero-order chi connectivity index (χ0) is 12.4. The number of halogens is 2. The number of hydrogen-bond acceptors (Lipinski definition) is 2. The Balaban J connectivity index is 2.22. The van der Waals surface area contributed by atoms with Gasteiger partial charge < -0.3 is 10.3 Å². The summed E-state index contributed by atoms with van der Waals surface area (Å²) < 4.78 is 27.5. The van der Waals surface area contributed by atoms with E-state index in [2.05, 4.69) is 4.98 Å². The van der Waals surface area contributed by atoms with E-state index in [1.165, 1.54) is 29.2 Å². The second kappa shape index (κ2) is 4.32. The van der Waals surface area contributed by atoms with Gasteiger partial charge in [-0.15, -0.1) is 0 Å². The summed E-state index contributed by atoms with van der Waals surface area (Å²) in [6, 6.07) is 3.32. The van der Waals surface area contributed by atoms with Crippen LogP contribution in [0.15, 0.2) is 30.7 Å². The fourth-order valence-electron chi connectivity index (χ4n) is 1.42. The highest BCUT2D eigenvalue weighted by molar-refractivity contribution is 5.90. The Labute approximate surface area is 95.7 Å². The number of amides is 1. The Bertz CT molecular complexity index is 566. The van der Waals surface area contributed by atoms with E-state index in [9.17, 15) is 13.6 Å². The lowest BCUT2D eigenvalue weighted by Gasteiger charge is -2.03. The molecule has 0 bridgehead atoms. The number of benzene rings is 1. The third-order valence-corrected chi connectivity index (χ3v) is 2.25. The number of imidazole rings is 1. The molecule has 1 aromatic carbocycles. The minimum atomic E-state index is -0.650. The van der Waals surface area contributed by atoms with E-state index in [0.717, 1.165) is 6.07 Å². The standard InChI is InChI=1S/C11H9F2N3O/c12-8-2-1-7(9(13)3-8)4-16-5-10(11(14)17)15-6-16/h1-3,5-6H,4H2,(H2,14,17). The molecule has 17 heavy (non-hydrogen) atoms. The SMILES string of the molecule is NC(=O)c1cn(Cc2ccc(F)cc2F)cn1. The van der Waals surface area contributed by atoms with Crippen molar-refractivity contribution in [2.24, 2.45) is 5.73 Å². The molecule has 0 fully saturated rings. The number of carbonyl (C=O) groups is 1. The van der Waals surface area contributed by atoms with Crippen LogP contribution in [0.25, 0.3) is 0 Å². The highest BCUT2D eigenvalue weighted by atomic mass is 19.1. The minimum Gasteiger partial charge on any atom is -0.364 e. The van der Waals surface area contributed by atoms with Gasteiger partial charge in [0, 0.05) is 17.8 Å². The summed E-state index contributed by atoms with van der Waals surface area (Å²) in [5.41, 5.74) is 5.44. The Morgan fingerprint density at radius 2 is 2.18 bits per heavy atom. The van der Waals surface area contributed by atoms with Crippen LogP contribution in [0.3, 0.4) is 0 Å². The lowest BCUT2D eigenvalue weighted by atomic mass is 10.2. The molecule has 4 nitrogen and oxygen atoms in total. The molecule has 0 spiro atoms. The van der Waals surface area contributed by atoms with Crippen LogP contribution < -0.4 is 5.73 Å². The summed E-state index contributed by atoms with van der Waals surface area (Å²) in [5.74, 6) is -1.92. The predicted molar refractivity (Wildman–Crippen MR) is 56.2 cm³/mol. The van der Waals surface area contributed by atoms with Crippen LogP contribution in [0.1, 0.15) is 16.1 Å². The molecule has 0 saturated heterocycles. The number of rotatable bonds is 3. The maximum atomic E-state index is 13.3. The summed E-state index contributed by atoms with van der Waals surface area (Å²) in [5, 5.41) is 0. The van der Waals surface area contributed by atoms with Gasteiger partial charge in [0.2, 0.25) is 0 Å². The quantitative estimate of drug-likeness (QED) is 0.874. The lowest BCUT2D eigenvalue weighted by Crippen LogP contribution is -2.11. The molecule has 2 aromatic rings. The number of nitrogens with zero attached hydrogens (tertiary/aromatic N) is 2. The van der Waals surface area contributed by atoms with E-state index in [0.29, 0.717) is 5.56 Å². The number of aromatic nitrogens is 2. The number of carbonyl (C=O) groups excluding carboxylic acids is 1. The molecule has 0 atom stereocenters. The van der Waals surface area contributed by atoms with Crippen molar-refractivity contribution in [1.82, 2.24) is 9.55 Å². The Morgan fingerprint density at radius 1 is 1.41 bits per heavy atom. The van der Waals surface area contributed by atoms with Crippen LogP contribution in [0.2, 0.25) is 0 Å². The van der Waals surface area contributed by atoms with Crippen LogP contribution in [0, 0.1) is 11.6 Å². The molecule has 1 aromatic heterocycles. The average Bonchev–Trinajstić information content (AvgIpc) is 2.71. The smallest absolute Gasteiger partial charge is 0.268 e. The average molecular weight is 237 g/mol. The van der Waals surface area contributed by atoms with E-state index < -0.39 is 17.5 Å². The predicted octanol–water partition coefficient (Wildman–Crippen LogP) is 1.31. The van der Waals surface area contributed by atoms with E-state index in [4.69, 9.17) is 5.73 Å². The molecular formula is C11H9F2N3O. The monoisotopic (exact) mass is 237 g/mol. The topological polar surface area (TPSA) is 60.9 Å². The van der Waals surface area contributed by atoms with E-state index in [1.54, 1.807) is 0 Å². The van der Waals surface area contributed by atoms with Crippen molar-refractivity contribution in [2.45, 2.75) is 6.54 Å². The van der Waals surface area contributed by atoms with Crippen molar-refractivity contribution in [3.05, 3.63) is 53.6 Å². The van der Waals surface area contributed by atoms with E-state index in [1.807, 2.05) is 0 Å². The maximum absolute atomic E-state index is 13.3. The van der Waals surface area contributed by atoms with Crippen molar-refractivity contribution in [3.8, 4) is 0 Å².